The molecule has 0 bridgehead atoms. The van der Waals surface area contributed by atoms with Crippen molar-refractivity contribution in [2.24, 2.45) is 5.16 Å². The van der Waals surface area contributed by atoms with Gasteiger partial charge in [0.05, 0.1) is 31.5 Å². The molecule has 128 valence electrons. The highest BCUT2D eigenvalue weighted by molar-refractivity contribution is 9.10. The lowest BCUT2D eigenvalue weighted by Gasteiger charge is -2.11. The molecule has 0 atom stereocenters. The third-order valence-corrected chi connectivity index (χ3v) is 3.86. The van der Waals surface area contributed by atoms with Gasteiger partial charge in [-0.1, -0.05) is 5.16 Å². The molecule has 2 rings (SSSR count). The van der Waals surface area contributed by atoms with Crippen molar-refractivity contribution in [2.75, 3.05) is 20.8 Å². The molecule has 0 aromatic heterocycles. The summed E-state index contributed by atoms with van der Waals surface area (Å²) in [6, 6.07) is 11.3. The first kappa shape index (κ1) is 18.1. The van der Waals surface area contributed by atoms with Crippen molar-refractivity contribution < 1.29 is 19.0 Å². The second-order valence-corrected chi connectivity index (χ2v) is 5.66. The highest BCUT2D eigenvalue weighted by atomic mass is 79.9. The van der Waals surface area contributed by atoms with Crippen LogP contribution < -0.4 is 14.2 Å². The summed E-state index contributed by atoms with van der Waals surface area (Å²) < 4.78 is 16.8. The maximum Gasteiger partial charge on any atom is 0.146 e. The zero-order valence-corrected chi connectivity index (χ0v) is 15.5. The van der Waals surface area contributed by atoms with Gasteiger partial charge in [0.15, 0.2) is 0 Å². The quantitative estimate of drug-likeness (QED) is 0.492. The lowest BCUT2D eigenvalue weighted by molar-refractivity contribution is 0.129. The predicted molar refractivity (Wildman–Crippen MR) is 97.2 cm³/mol. The Kier molecular flexibility index (Phi) is 6.93. The second kappa shape index (κ2) is 9.17. The lowest BCUT2D eigenvalue weighted by atomic mass is 10.2. The Morgan fingerprint density at radius 1 is 1.04 bits per heavy atom. The maximum absolute atomic E-state index is 5.40. The van der Waals surface area contributed by atoms with Crippen molar-refractivity contribution in [3.8, 4) is 17.2 Å². The van der Waals surface area contributed by atoms with Crippen LogP contribution in [0.15, 0.2) is 46.0 Å². The average Bonchev–Trinajstić information content (AvgIpc) is 2.61. The maximum atomic E-state index is 5.40. The molecule has 5 nitrogen and oxygen atoms in total. The van der Waals surface area contributed by atoms with Gasteiger partial charge >= 0.3 is 0 Å². The summed E-state index contributed by atoms with van der Waals surface area (Å²) in [6.07, 6.45) is 1.65. The van der Waals surface area contributed by atoms with Gasteiger partial charge in [-0.3, -0.25) is 0 Å². The first-order valence-corrected chi connectivity index (χ1v) is 8.25. The van der Waals surface area contributed by atoms with E-state index in [4.69, 9.17) is 19.0 Å². The van der Waals surface area contributed by atoms with E-state index >= 15 is 0 Å². The molecule has 0 radical (unpaired) electrons. The van der Waals surface area contributed by atoms with E-state index in [1.54, 1.807) is 20.4 Å². The van der Waals surface area contributed by atoms with Gasteiger partial charge in [-0.05, 0) is 64.8 Å². The molecule has 0 aliphatic carbocycles. The van der Waals surface area contributed by atoms with Crippen LogP contribution in [0.2, 0.25) is 0 Å². The van der Waals surface area contributed by atoms with Gasteiger partial charge < -0.3 is 19.0 Å². The van der Waals surface area contributed by atoms with Crippen LogP contribution in [0.1, 0.15) is 18.1 Å². The van der Waals surface area contributed by atoms with Crippen molar-refractivity contribution in [3.63, 3.8) is 0 Å². The topological polar surface area (TPSA) is 49.3 Å². The van der Waals surface area contributed by atoms with Crippen molar-refractivity contribution >= 4 is 22.1 Å². The van der Waals surface area contributed by atoms with Crippen molar-refractivity contribution in [1.29, 1.82) is 0 Å². The zero-order valence-electron chi connectivity index (χ0n) is 13.9. The first-order chi connectivity index (χ1) is 11.7. The minimum atomic E-state index is 0.278. The number of benzene rings is 2. The Labute approximate surface area is 150 Å². The van der Waals surface area contributed by atoms with Crippen LogP contribution >= 0.6 is 15.9 Å². The summed E-state index contributed by atoms with van der Waals surface area (Å²) >= 11 is 3.43. The normalized spacial score (nSPS) is 10.7. The Morgan fingerprint density at radius 3 is 2.38 bits per heavy atom. The van der Waals surface area contributed by atoms with E-state index in [2.05, 4.69) is 21.1 Å². The molecule has 0 fully saturated rings. The van der Waals surface area contributed by atoms with Gasteiger partial charge in [-0.15, -0.1) is 0 Å². The van der Waals surface area contributed by atoms with Crippen molar-refractivity contribution in [2.45, 2.75) is 13.5 Å². The van der Waals surface area contributed by atoms with Gasteiger partial charge in [0.25, 0.3) is 0 Å². The Balaban J connectivity index is 1.98. The summed E-state index contributed by atoms with van der Waals surface area (Å²) in [6.45, 7) is 2.88. The van der Waals surface area contributed by atoms with Gasteiger partial charge in [0, 0.05) is 5.56 Å². The summed E-state index contributed by atoms with van der Waals surface area (Å²) in [4.78, 5) is 5.37. The molecule has 0 aliphatic heterocycles. The van der Waals surface area contributed by atoms with E-state index in [1.807, 2.05) is 43.3 Å². The molecular formula is C18H20BrNO4. The fourth-order valence-corrected chi connectivity index (χ4v) is 2.54. The van der Waals surface area contributed by atoms with Gasteiger partial charge in [0.1, 0.15) is 23.9 Å². The Hall–Kier alpha value is -2.21. The van der Waals surface area contributed by atoms with Crippen LogP contribution in [0.5, 0.6) is 17.2 Å². The number of hydrogen-bond donors (Lipinski definition) is 0. The van der Waals surface area contributed by atoms with Gasteiger partial charge in [-0.2, -0.15) is 0 Å². The summed E-state index contributed by atoms with van der Waals surface area (Å²) in [5.41, 5.74) is 1.78. The minimum absolute atomic E-state index is 0.278. The van der Waals surface area contributed by atoms with Crippen LogP contribution in [0.4, 0.5) is 0 Å². The molecule has 2 aromatic carbocycles. The largest absolute Gasteiger partial charge is 0.496 e. The SMILES string of the molecule is CCOc1ccc(/C=N/OCc2cc(OC)c(Br)cc2OC)cc1. The lowest BCUT2D eigenvalue weighted by Crippen LogP contribution is -1.96. The van der Waals surface area contributed by atoms with Gasteiger partial charge in [-0.25, -0.2) is 0 Å². The van der Waals surface area contributed by atoms with E-state index in [0.29, 0.717) is 18.1 Å². The standard InChI is InChI=1S/C18H20BrNO4/c1-4-23-15-7-5-13(6-8-15)11-20-24-12-14-9-18(22-3)16(19)10-17(14)21-2/h5-11H,4,12H2,1-3H3/b20-11+. The number of oxime groups is 1. The van der Waals surface area contributed by atoms with Crippen LogP contribution in [0.25, 0.3) is 0 Å². The number of nitrogens with zero attached hydrogens (tertiary/aromatic N) is 1. The predicted octanol–water partition coefficient (Wildman–Crippen LogP) is 4.42. The molecule has 0 saturated carbocycles. The van der Waals surface area contributed by atoms with Crippen LogP contribution in [-0.4, -0.2) is 27.0 Å². The smallest absolute Gasteiger partial charge is 0.146 e. The van der Waals surface area contributed by atoms with Crippen molar-refractivity contribution in [3.05, 3.63) is 52.0 Å². The highest BCUT2D eigenvalue weighted by Gasteiger charge is 2.09. The van der Waals surface area contributed by atoms with E-state index in [1.165, 1.54) is 0 Å². The molecular weight excluding hydrogens is 374 g/mol. The summed E-state index contributed by atoms with van der Waals surface area (Å²) in [5.74, 6) is 2.26. The molecule has 0 heterocycles. The molecule has 0 saturated heterocycles. The number of hydrogen-bond acceptors (Lipinski definition) is 5. The molecule has 0 spiro atoms. The monoisotopic (exact) mass is 393 g/mol. The molecule has 24 heavy (non-hydrogen) atoms. The molecule has 2 aromatic rings. The van der Waals surface area contributed by atoms with Gasteiger partial charge in [0.2, 0.25) is 0 Å². The Bertz CT molecular complexity index is 686. The van der Waals surface area contributed by atoms with E-state index in [0.717, 1.165) is 21.3 Å². The minimum Gasteiger partial charge on any atom is -0.496 e. The molecule has 0 unspecified atom stereocenters. The summed E-state index contributed by atoms with van der Waals surface area (Å²) in [5, 5.41) is 3.99. The van der Waals surface area contributed by atoms with E-state index in [-0.39, 0.29) is 6.61 Å². The van der Waals surface area contributed by atoms with Crippen LogP contribution in [0.3, 0.4) is 0 Å². The van der Waals surface area contributed by atoms with E-state index in [9.17, 15) is 0 Å². The second-order valence-electron chi connectivity index (χ2n) is 4.81. The average molecular weight is 394 g/mol. The molecule has 6 heteroatoms. The third-order valence-electron chi connectivity index (χ3n) is 3.24. The fraction of sp³-hybridized carbons (Fsp3) is 0.278. The third kappa shape index (κ3) is 4.89. The summed E-state index contributed by atoms with van der Waals surface area (Å²) in [7, 11) is 3.22. The van der Waals surface area contributed by atoms with Crippen LogP contribution in [-0.2, 0) is 11.4 Å². The fourth-order valence-electron chi connectivity index (χ4n) is 2.06. The number of ether oxygens (including phenoxy) is 3. The zero-order chi connectivity index (χ0) is 17.4. The number of rotatable bonds is 8. The molecule has 0 N–H and O–H groups in total. The van der Waals surface area contributed by atoms with E-state index < -0.39 is 0 Å². The molecule has 0 aliphatic rings. The molecule has 0 amide bonds. The highest BCUT2D eigenvalue weighted by Crippen LogP contribution is 2.33. The Morgan fingerprint density at radius 2 is 1.75 bits per heavy atom. The van der Waals surface area contributed by atoms with Crippen LogP contribution in [0, 0.1) is 0 Å². The first-order valence-electron chi connectivity index (χ1n) is 7.46. The van der Waals surface area contributed by atoms with Crippen molar-refractivity contribution in [1.82, 2.24) is 0 Å². The number of halogens is 1. The number of methoxy groups -OCH3 is 2.